The molecule has 7 rings (SSSR count). The van der Waals surface area contributed by atoms with Crippen LogP contribution in [0.3, 0.4) is 0 Å². The van der Waals surface area contributed by atoms with Gasteiger partial charge in [0.25, 0.3) is 0 Å². The molecule has 2 aliphatic carbocycles. The van der Waals surface area contributed by atoms with Gasteiger partial charge in [-0.15, -0.1) is 0 Å². The highest BCUT2D eigenvalue weighted by atomic mass is 16.7. The molecular formula is C37H45NO15. The Bertz CT molecular complexity index is 1880. The Kier molecular flexibility index (Phi) is 8.99. The Morgan fingerprint density at radius 1 is 0.981 bits per heavy atom. The summed E-state index contributed by atoms with van der Waals surface area (Å²) in [4.78, 5) is 41.6. The fourth-order valence-corrected chi connectivity index (χ4v) is 9.14. The molecule has 1 amide bonds. The molecule has 53 heavy (non-hydrogen) atoms. The van der Waals surface area contributed by atoms with Crippen molar-refractivity contribution in [2.75, 3.05) is 28.4 Å². The number of rotatable bonds is 7. The highest BCUT2D eigenvalue weighted by molar-refractivity contribution is 6.31. The van der Waals surface area contributed by atoms with Crippen LogP contribution < -0.4 is 4.74 Å². The van der Waals surface area contributed by atoms with Crippen LogP contribution in [0.2, 0.25) is 0 Å². The quantitative estimate of drug-likeness (QED) is 0.213. The summed E-state index contributed by atoms with van der Waals surface area (Å²) in [6.45, 7) is 6.62. The zero-order valence-corrected chi connectivity index (χ0v) is 30.6. The molecule has 5 N–H and O–H groups in total. The van der Waals surface area contributed by atoms with E-state index in [9.17, 15) is 39.9 Å². The number of phenolic OH excluding ortho intramolecular Hbond substituents is 2. The zero-order chi connectivity index (χ0) is 38.7. The molecule has 0 aromatic heterocycles. The molecule has 2 fully saturated rings. The van der Waals surface area contributed by atoms with E-state index in [2.05, 4.69) is 0 Å². The summed E-state index contributed by atoms with van der Waals surface area (Å²) in [6, 6.07) is 1.36. The summed E-state index contributed by atoms with van der Waals surface area (Å²) >= 11 is 0. The molecule has 288 valence electrons. The van der Waals surface area contributed by atoms with Crippen molar-refractivity contribution in [2.24, 2.45) is 0 Å². The molecule has 0 radical (unpaired) electrons. The smallest absolute Gasteiger partial charge is 0.229 e. The second kappa shape index (κ2) is 12.7. The summed E-state index contributed by atoms with van der Waals surface area (Å²) in [7, 11) is 5.86. The molecule has 16 nitrogen and oxygen atoms in total. The molecule has 0 saturated carbocycles. The second-order valence-electron chi connectivity index (χ2n) is 15.2. The maximum atomic E-state index is 14.5. The van der Waals surface area contributed by atoms with Crippen LogP contribution in [0.4, 0.5) is 0 Å². The highest BCUT2D eigenvalue weighted by Gasteiger charge is 2.60. The van der Waals surface area contributed by atoms with Crippen LogP contribution in [0.1, 0.15) is 88.8 Å². The number of aliphatic hydroxyl groups excluding tert-OH is 2. The van der Waals surface area contributed by atoms with Gasteiger partial charge in [-0.05, 0) is 45.4 Å². The number of ketones is 2. The van der Waals surface area contributed by atoms with E-state index >= 15 is 0 Å². The first-order valence-electron chi connectivity index (χ1n) is 17.3. The molecule has 2 saturated heterocycles. The number of fused-ring (bicyclic) bond motifs is 8. The van der Waals surface area contributed by atoms with E-state index < -0.39 is 101 Å². The fourth-order valence-electron chi connectivity index (χ4n) is 9.14. The lowest BCUT2D eigenvalue weighted by Crippen LogP contribution is -2.68. The normalized spacial score (nSPS) is 38.6. The van der Waals surface area contributed by atoms with Crippen molar-refractivity contribution in [3.63, 3.8) is 0 Å². The first kappa shape index (κ1) is 37.6. The standard InChI is InChI=1S/C37H45NO15/c1-14-31(47-6)37(4,49-8)32(48-7)34(50-14)51-19-12-35(2,46)11-15-9-16-21(26(42)20(15)19)27(43)22-18(40)10-17-29(23(22)25(16)41)52-33-28(44)24(38(5)13-39)30(45)36(17,3)53-33/h9-10,13-14,19,24,28,30-34,40,42,44-46H,11-12H2,1-8H3. The number of amides is 1. The van der Waals surface area contributed by atoms with Crippen LogP contribution in [0, 0.1) is 0 Å². The number of benzene rings is 2. The van der Waals surface area contributed by atoms with Crippen molar-refractivity contribution >= 4 is 18.0 Å². The van der Waals surface area contributed by atoms with Crippen molar-refractivity contribution in [3.05, 3.63) is 51.1 Å². The zero-order valence-electron chi connectivity index (χ0n) is 30.6. The van der Waals surface area contributed by atoms with Gasteiger partial charge in [-0.25, -0.2) is 0 Å². The SMILES string of the molecule is COC1C(C)OC(OC2CC(C)(O)Cc3cc4c(c(O)c32)C(=O)c2c(O)cc3c(c2C4=O)OC2OC3(C)C(O)C(N(C)C=O)C2O)C(OC)C1(C)OC. The first-order valence-corrected chi connectivity index (χ1v) is 17.3. The number of ether oxygens (including phenoxy) is 7. The number of likely N-dealkylation sites (N-methyl/N-ethyl adjacent to an activating group) is 1. The Balaban J connectivity index is 1.33. The van der Waals surface area contributed by atoms with Gasteiger partial charge in [0.2, 0.25) is 18.5 Å². The lowest BCUT2D eigenvalue weighted by Gasteiger charge is -2.53. The molecule has 12 unspecified atom stereocenters. The van der Waals surface area contributed by atoms with Crippen molar-refractivity contribution in [3.8, 4) is 17.2 Å². The minimum Gasteiger partial charge on any atom is -0.507 e. The average Bonchev–Trinajstić information content (AvgIpc) is 3.09. The number of aliphatic hydroxyl groups is 3. The molecule has 2 bridgehead atoms. The van der Waals surface area contributed by atoms with Crippen LogP contribution in [0.15, 0.2) is 12.1 Å². The van der Waals surface area contributed by atoms with Gasteiger partial charge in [0, 0.05) is 57.9 Å². The Morgan fingerprint density at radius 3 is 2.28 bits per heavy atom. The Hall–Kier alpha value is -3.71. The summed E-state index contributed by atoms with van der Waals surface area (Å²) in [5, 5.41) is 57.3. The summed E-state index contributed by atoms with van der Waals surface area (Å²) in [5.74, 6) is -3.13. The summed E-state index contributed by atoms with van der Waals surface area (Å²) in [6.07, 6.45) is -8.36. The number of carbonyl (C=O) groups excluding carboxylic acids is 3. The third kappa shape index (κ3) is 5.26. The second-order valence-corrected chi connectivity index (χ2v) is 15.2. The average molecular weight is 744 g/mol. The maximum Gasteiger partial charge on any atom is 0.229 e. The molecule has 2 aromatic rings. The molecule has 0 spiro atoms. The number of phenols is 2. The van der Waals surface area contributed by atoms with E-state index in [0.717, 1.165) is 11.0 Å². The van der Waals surface area contributed by atoms with Crippen LogP contribution in [0.25, 0.3) is 0 Å². The third-order valence-electron chi connectivity index (χ3n) is 11.8. The van der Waals surface area contributed by atoms with E-state index in [1.807, 2.05) is 0 Å². The van der Waals surface area contributed by atoms with Crippen LogP contribution >= 0.6 is 0 Å². The van der Waals surface area contributed by atoms with Gasteiger partial charge in [0.1, 0.15) is 52.9 Å². The van der Waals surface area contributed by atoms with Gasteiger partial charge >= 0.3 is 0 Å². The van der Waals surface area contributed by atoms with Gasteiger partial charge in [-0.1, -0.05) is 0 Å². The minimum atomic E-state index is -1.71. The Labute approximate surface area is 305 Å². The fraction of sp³-hybridized carbons (Fsp3) is 0.595. The van der Waals surface area contributed by atoms with Crippen LogP contribution in [0.5, 0.6) is 17.2 Å². The van der Waals surface area contributed by atoms with Crippen molar-refractivity contribution in [1.29, 1.82) is 0 Å². The molecule has 5 aliphatic rings. The topological polar surface area (TPSA) is 220 Å². The highest BCUT2D eigenvalue weighted by Crippen LogP contribution is 2.55. The molecule has 12 atom stereocenters. The predicted molar refractivity (Wildman–Crippen MR) is 180 cm³/mol. The van der Waals surface area contributed by atoms with Gasteiger partial charge in [-0.2, -0.15) is 0 Å². The first-order chi connectivity index (χ1) is 24.9. The van der Waals surface area contributed by atoms with Crippen LogP contribution in [-0.4, -0.2) is 137 Å². The van der Waals surface area contributed by atoms with E-state index in [0.29, 0.717) is 12.0 Å². The lowest BCUT2D eigenvalue weighted by molar-refractivity contribution is -0.345. The number of hydrogen-bond acceptors (Lipinski definition) is 15. The molecule has 16 heteroatoms. The van der Waals surface area contributed by atoms with Gasteiger partial charge in [-0.3, -0.25) is 14.4 Å². The number of methoxy groups -OCH3 is 3. The number of hydrogen-bond donors (Lipinski definition) is 5. The lowest BCUT2D eigenvalue weighted by atomic mass is 9.72. The van der Waals surface area contributed by atoms with E-state index in [1.54, 1.807) is 20.8 Å². The summed E-state index contributed by atoms with van der Waals surface area (Å²) in [5.41, 5.74) is -5.11. The van der Waals surface area contributed by atoms with Gasteiger partial charge in [0.05, 0.1) is 40.5 Å². The molecule has 2 aromatic carbocycles. The Morgan fingerprint density at radius 2 is 1.66 bits per heavy atom. The molecule has 3 heterocycles. The summed E-state index contributed by atoms with van der Waals surface area (Å²) < 4.78 is 42.0. The monoisotopic (exact) mass is 743 g/mol. The predicted octanol–water partition coefficient (Wildman–Crippen LogP) is 0.951. The molecule has 3 aliphatic heterocycles. The van der Waals surface area contributed by atoms with E-state index in [-0.39, 0.29) is 46.4 Å². The van der Waals surface area contributed by atoms with Crippen molar-refractivity contribution < 1.29 is 73.1 Å². The van der Waals surface area contributed by atoms with Crippen molar-refractivity contribution in [2.45, 2.75) is 113 Å². The van der Waals surface area contributed by atoms with E-state index in [1.165, 1.54) is 41.4 Å². The molecular weight excluding hydrogens is 698 g/mol. The largest absolute Gasteiger partial charge is 0.507 e. The number of aromatic hydroxyl groups is 2. The van der Waals surface area contributed by atoms with E-state index in [4.69, 9.17) is 33.2 Å². The maximum absolute atomic E-state index is 14.5. The van der Waals surface area contributed by atoms with Crippen LogP contribution in [-0.2, 0) is 45.2 Å². The number of carbonyl (C=O) groups is 3. The van der Waals surface area contributed by atoms with Gasteiger partial charge in [0.15, 0.2) is 12.1 Å². The minimum absolute atomic E-state index is 0.00468. The van der Waals surface area contributed by atoms with Gasteiger partial charge < -0.3 is 63.6 Å². The number of nitrogens with zero attached hydrogens (tertiary/aromatic N) is 1. The van der Waals surface area contributed by atoms with Crippen molar-refractivity contribution in [1.82, 2.24) is 4.90 Å². The third-order valence-corrected chi connectivity index (χ3v) is 11.8.